The summed E-state index contributed by atoms with van der Waals surface area (Å²) in [6.07, 6.45) is 3.46. The van der Waals surface area contributed by atoms with Crippen molar-refractivity contribution in [3.05, 3.63) is 59.9 Å². The van der Waals surface area contributed by atoms with Crippen molar-refractivity contribution in [2.45, 2.75) is 13.5 Å². The molecule has 0 atom stereocenters. The van der Waals surface area contributed by atoms with Crippen LogP contribution in [0.25, 0.3) is 0 Å². The molecule has 0 amide bonds. The second-order valence-corrected chi connectivity index (χ2v) is 3.46. The molecule has 0 aliphatic rings. The minimum absolute atomic E-state index is 0.603. The van der Waals surface area contributed by atoms with E-state index in [1.54, 1.807) is 12.4 Å². The molecule has 2 rings (SSSR count). The number of aromatic nitrogens is 1. The zero-order valence-corrected chi connectivity index (χ0v) is 8.68. The quantitative estimate of drug-likeness (QED) is 0.758. The highest BCUT2D eigenvalue weighted by Gasteiger charge is 1.95. The van der Waals surface area contributed by atoms with Gasteiger partial charge in [-0.25, -0.2) is 0 Å². The molecule has 0 aliphatic heterocycles. The van der Waals surface area contributed by atoms with Crippen LogP contribution in [0.3, 0.4) is 0 Å². The Labute approximate surface area is 89.6 Å². The Morgan fingerprint density at radius 1 is 1.13 bits per heavy atom. The maximum atomic E-state index is 5.61. The zero-order valence-electron chi connectivity index (χ0n) is 8.68. The molecule has 0 aliphatic carbocycles. The van der Waals surface area contributed by atoms with E-state index in [0.29, 0.717) is 6.61 Å². The van der Waals surface area contributed by atoms with Crippen molar-refractivity contribution in [1.82, 2.24) is 4.98 Å². The van der Waals surface area contributed by atoms with Crippen molar-refractivity contribution in [3.8, 4) is 5.75 Å². The number of rotatable bonds is 3. The Morgan fingerprint density at radius 2 is 1.93 bits per heavy atom. The van der Waals surface area contributed by atoms with Crippen molar-refractivity contribution in [2.75, 3.05) is 0 Å². The van der Waals surface area contributed by atoms with Crippen LogP contribution in [-0.4, -0.2) is 4.98 Å². The lowest BCUT2D eigenvalue weighted by molar-refractivity contribution is 0.306. The van der Waals surface area contributed by atoms with Gasteiger partial charge in [0.1, 0.15) is 12.4 Å². The van der Waals surface area contributed by atoms with E-state index in [1.165, 1.54) is 11.1 Å². The van der Waals surface area contributed by atoms with Gasteiger partial charge in [0, 0.05) is 12.4 Å². The molecular formula is C13H13NO. The fraction of sp³-hybridized carbons (Fsp3) is 0.154. The number of hydrogen-bond acceptors (Lipinski definition) is 2. The van der Waals surface area contributed by atoms with Crippen LogP contribution >= 0.6 is 0 Å². The van der Waals surface area contributed by atoms with Gasteiger partial charge < -0.3 is 4.74 Å². The van der Waals surface area contributed by atoms with Gasteiger partial charge in [0.2, 0.25) is 0 Å². The smallest absolute Gasteiger partial charge is 0.122 e. The molecule has 15 heavy (non-hydrogen) atoms. The summed E-state index contributed by atoms with van der Waals surface area (Å²) in [5.41, 5.74) is 2.44. The topological polar surface area (TPSA) is 22.1 Å². The van der Waals surface area contributed by atoms with Crippen LogP contribution in [0.2, 0.25) is 0 Å². The highest BCUT2D eigenvalue weighted by atomic mass is 16.5. The molecule has 0 unspecified atom stereocenters. The number of benzene rings is 1. The lowest BCUT2D eigenvalue weighted by Gasteiger charge is -2.06. The standard InChI is InChI=1S/C13H13NO/c1-11-3-2-4-12(9-11)10-15-13-5-7-14-8-6-13/h2-9H,10H2,1H3. The van der Waals surface area contributed by atoms with Crippen LogP contribution in [-0.2, 0) is 6.61 Å². The van der Waals surface area contributed by atoms with Crippen LogP contribution in [0.5, 0.6) is 5.75 Å². The first-order valence-corrected chi connectivity index (χ1v) is 4.93. The molecule has 2 heteroatoms. The second kappa shape index (κ2) is 4.60. The Kier molecular flexibility index (Phi) is 2.98. The van der Waals surface area contributed by atoms with Gasteiger partial charge in [-0.05, 0) is 24.6 Å². The summed E-state index contributed by atoms with van der Waals surface area (Å²) in [5, 5.41) is 0. The summed E-state index contributed by atoms with van der Waals surface area (Å²) < 4.78 is 5.61. The molecule has 0 N–H and O–H groups in total. The van der Waals surface area contributed by atoms with E-state index < -0.39 is 0 Å². The maximum absolute atomic E-state index is 5.61. The van der Waals surface area contributed by atoms with E-state index in [9.17, 15) is 0 Å². The van der Waals surface area contributed by atoms with Gasteiger partial charge in [0.25, 0.3) is 0 Å². The van der Waals surface area contributed by atoms with Crippen molar-refractivity contribution in [3.63, 3.8) is 0 Å². The van der Waals surface area contributed by atoms with Crippen LogP contribution in [0.15, 0.2) is 48.8 Å². The van der Waals surface area contributed by atoms with E-state index in [-0.39, 0.29) is 0 Å². The first-order valence-electron chi connectivity index (χ1n) is 4.93. The minimum Gasteiger partial charge on any atom is -0.489 e. The van der Waals surface area contributed by atoms with E-state index in [1.807, 2.05) is 18.2 Å². The van der Waals surface area contributed by atoms with Gasteiger partial charge >= 0.3 is 0 Å². The van der Waals surface area contributed by atoms with Gasteiger partial charge in [-0.15, -0.1) is 0 Å². The number of nitrogens with zero attached hydrogens (tertiary/aromatic N) is 1. The summed E-state index contributed by atoms with van der Waals surface area (Å²) in [6, 6.07) is 12.0. The van der Waals surface area contributed by atoms with Crippen LogP contribution < -0.4 is 4.74 Å². The van der Waals surface area contributed by atoms with Crippen molar-refractivity contribution < 1.29 is 4.74 Å². The van der Waals surface area contributed by atoms with E-state index in [0.717, 1.165) is 5.75 Å². The number of pyridine rings is 1. The normalized spacial score (nSPS) is 9.93. The van der Waals surface area contributed by atoms with Gasteiger partial charge in [0.05, 0.1) is 0 Å². The van der Waals surface area contributed by atoms with Gasteiger partial charge in [0.15, 0.2) is 0 Å². The van der Waals surface area contributed by atoms with Crippen LogP contribution in [0.1, 0.15) is 11.1 Å². The molecule has 0 saturated carbocycles. The number of aryl methyl sites for hydroxylation is 1. The molecule has 2 nitrogen and oxygen atoms in total. The molecule has 76 valence electrons. The Morgan fingerprint density at radius 3 is 2.67 bits per heavy atom. The third-order valence-electron chi connectivity index (χ3n) is 2.14. The SMILES string of the molecule is Cc1cccc(COc2ccncc2)c1. The van der Waals surface area contributed by atoms with Gasteiger partial charge in [-0.3, -0.25) is 4.98 Å². The summed E-state index contributed by atoms with van der Waals surface area (Å²) in [5.74, 6) is 0.853. The Bertz CT molecular complexity index is 426. The molecule has 1 aromatic heterocycles. The fourth-order valence-electron chi connectivity index (χ4n) is 1.40. The monoisotopic (exact) mass is 199 g/mol. The summed E-state index contributed by atoms with van der Waals surface area (Å²) in [6.45, 7) is 2.68. The highest BCUT2D eigenvalue weighted by Crippen LogP contribution is 2.11. The first-order chi connectivity index (χ1) is 7.34. The molecular weight excluding hydrogens is 186 g/mol. The third kappa shape index (κ3) is 2.81. The van der Waals surface area contributed by atoms with Crippen LogP contribution in [0.4, 0.5) is 0 Å². The molecule has 0 fully saturated rings. The van der Waals surface area contributed by atoms with E-state index in [2.05, 4.69) is 30.1 Å². The minimum atomic E-state index is 0.603. The van der Waals surface area contributed by atoms with E-state index >= 15 is 0 Å². The summed E-state index contributed by atoms with van der Waals surface area (Å²) in [4.78, 5) is 3.93. The molecule has 1 heterocycles. The molecule has 0 radical (unpaired) electrons. The summed E-state index contributed by atoms with van der Waals surface area (Å²) >= 11 is 0. The zero-order chi connectivity index (χ0) is 10.5. The van der Waals surface area contributed by atoms with Crippen molar-refractivity contribution in [2.24, 2.45) is 0 Å². The largest absolute Gasteiger partial charge is 0.489 e. The van der Waals surface area contributed by atoms with Gasteiger partial charge in [-0.1, -0.05) is 29.8 Å². The number of ether oxygens (including phenoxy) is 1. The lowest BCUT2D eigenvalue weighted by atomic mass is 10.1. The average molecular weight is 199 g/mol. The first kappa shape index (κ1) is 9.71. The van der Waals surface area contributed by atoms with Gasteiger partial charge in [-0.2, -0.15) is 0 Å². The lowest BCUT2D eigenvalue weighted by Crippen LogP contribution is -1.95. The number of hydrogen-bond donors (Lipinski definition) is 0. The molecule has 0 spiro atoms. The van der Waals surface area contributed by atoms with Crippen molar-refractivity contribution >= 4 is 0 Å². The highest BCUT2D eigenvalue weighted by molar-refractivity contribution is 5.23. The third-order valence-corrected chi connectivity index (χ3v) is 2.14. The molecule has 1 aromatic carbocycles. The van der Waals surface area contributed by atoms with E-state index in [4.69, 9.17) is 4.74 Å². The Balaban J connectivity index is 1.99. The maximum Gasteiger partial charge on any atom is 0.122 e. The molecule has 0 saturated heterocycles. The fourth-order valence-corrected chi connectivity index (χ4v) is 1.40. The predicted molar refractivity (Wildman–Crippen MR) is 59.7 cm³/mol. The Hall–Kier alpha value is -1.83. The molecule has 2 aromatic rings. The molecule has 0 bridgehead atoms. The van der Waals surface area contributed by atoms with Crippen molar-refractivity contribution in [1.29, 1.82) is 0 Å². The predicted octanol–water partition coefficient (Wildman–Crippen LogP) is 2.97. The summed E-state index contributed by atoms with van der Waals surface area (Å²) in [7, 11) is 0. The average Bonchev–Trinajstić information content (AvgIpc) is 2.28. The second-order valence-electron chi connectivity index (χ2n) is 3.46. The van der Waals surface area contributed by atoms with Crippen LogP contribution in [0, 0.1) is 6.92 Å².